The first kappa shape index (κ1) is 21.4. The Balaban J connectivity index is 1.63. The molecule has 1 fully saturated rings. The molecule has 1 unspecified atom stereocenters. The Morgan fingerprint density at radius 3 is 2.81 bits per heavy atom. The minimum Gasteiger partial charge on any atom is -0.387 e. The molecule has 0 saturated carbocycles. The van der Waals surface area contributed by atoms with Gasteiger partial charge in [-0.3, -0.25) is 4.79 Å². The number of nitrogens with zero attached hydrogens (tertiary/aromatic N) is 4. The van der Waals surface area contributed by atoms with E-state index in [1.807, 2.05) is 0 Å². The van der Waals surface area contributed by atoms with E-state index in [-0.39, 0.29) is 18.2 Å². The van der Waals surface area contributed by atoms with E-state index < -0.39 is 17.7 Å². The topological polar surface area (TPSA) is 114 Å². The number of aromatic nitrogens is 4. The van der Waals surface area contributed by atoms with Crippen LogP contribution in [0.15, 0.2) is 30.7 Å². The van der Waals surface area contributed by atoms with E-state index >= 15 is 0 Å². The highest BCUT2D eigenvalue weighted by Gasteiger charge is 2.28. The average Bonchev–Trinajstić information content (AvgIpc) is 3.10. The summed E-state index contributed by atoms with van der Waals surface area (Å²) in [4.78, 5) is 21.4. The van der Waals surface area contributed by atoms with Gasteiger partial charge in [-0.15, -0.1) is 0 Å². The highest BCUT2D eigenvalue weighted by Crippen LogP contribution is 2.24. The smallest absolute Gasteiger partial charge is 0.255 e. The van der Waals surface area contributed by atoms with Crippen molar-refractivity contribution in [1.82, 2.24) is 25.1 Å². The Labute approximate surface area is 182 Å². The number of hydrogen-bond donors (Lipinski definition) is 3. The molecule has 1 saturated heterocycles. The Hall–Kier alpha value is -2.82. The van der Waals surface area contributed by atoms with Crippen molar-refractivity contribution in [3.05, 3.63) is 41.3 Å². The van der Waals surface area contributed by atoms with Crippen LogP contribution in [0.3, 0.4) is 0 Å². The lowest BCUT2D eigenvalue weighted by atomic mass is 10.0. The summed E-state index contributed by atoms with van der Waals surface area (Å²) in [6.07, 6.45) is 2.92. The van der Waals surface area contributed by atoms with Crippen molar-refractivity contribution in [2.45, 2.75) is 31.7 Å². The second-order valence-corrected chi connectivity index (χ2v) is 8.36. The summed E-state index contributed by atoms with van der Waals surface area (Å²) in [6, 6.07) is 3.47. The zero-order valence-electron chi connectivity index (χ0n) is 17.0. The van der Waals surface area contributed by atoms with Crippen LogP contribution < -0.4 is 10.6 Å². The number of alkyl halides is 1. The van der Waals surface area contributed by atoms with Crippen molar-refractivity contribution in [1.29, 1.82) is 0 Å². The van der Waals surface area contributed by atoms with Crippen LogP contribution in [-0.4, -0.2) is 68.3 Å². The Morgan fingerprint density at radius 1 is 1.35 bits per heavy atom. The lowest BCUT2D eigenvalue weighted by Crippen LogP contribution is -2.43. The van der Waals surface area contributed by atoms with Crippen molar-refractivity contribution >= 4 is 34.2 Å². The van der Waals surface area contributed by atoms with Gasteiger partial charge in [-0.1, -0.05) is 11.6 Å². The van der Waals surface area contributed by atoms with Gasteiger partial charge in [0.2, 0.25) is 0 Å². The van der Waals surface area contributed by atoms with E-state index in [1.165, 1.54) is 26.2 Å². The number of carbonyl (C=O) groups is 1. The molecular formula is C20H22ClFN6O3. The number of hydrogen-bond acceptors (Lipinski definition) is 7. The third-order valence-electron chi connectivity index (χ3n) is 4.93. The number of nitrogens with one attached hydrogen (secondary N) is 2. The SMILES string of the molecule is CC(C)(O)C(F)CNC(=O)c1cnc(-n2ncc3cc(Cl)cnc32)cc1NC1COC1. The summed E-state index contributed by atoms with van der Waals surface area (Å²) in [7, 11) is 0. The van der Waals surface area contributed by atoms with Gasteiger partial charge < -0.3 is 20.5 Å². The zero-order valence-corrected chi connectivity index (χ0v) is 17.7. The van der Waals surface area contributed by atoms with Gasteiger partial charge in [0.15, 0.2) is 11.5 Å². The number of rotatable bonds is 7. The minimum absolute atomic E-state index is 0.0402. The van der Waals surface area contributed by atoms with E-state index in [9.17, 15) is 14.3 Å². The molecule has 0 aromatic carbocycles. The Morgan fingerprint density at radius 2 is 2.13 bits per heavy atom. The van der Waals surface area contributed by atoms with Gasteiger partial charge in [0.05, 0.1) is 53.9 Å². The number of aliphatic hydroxyl groups is 1. The summed E-state index contributed by atoms with van der Waals surface area (Å²) in [5, 5.41) is 21.1. The fourth-order valence-corrected chi connectivity index (χ4v) is 3.16. The fraction of sp³-hybridized carbons (Fsp3) is 0.400. The summed E-state index contributed by atoms with van der Waals surface area (Å²) in [5.41, 5.74) is -0.243. The van der Waals surface area contributed by atoms with Crippen LogP contribution in [0.25, 0.3) is 16.9 Å². The van der Waals surface area contributed by atoms with Crippen LogP contribution >= 0.6 is 11.6 Å². The monoisotopic (exact) mass is 448 g/mol. The maximum absolute atomic E-state index is 14.0. The van der Waals surface area contributed by atoms with Crippen LogP contribution in [0.2, 0.25) is 5.02 Å². The third-order valence-corrected chi connectivity index (χ3v) is 5.14. The van der Waals surface area contributed by atoms with Crippen LogP contribution in [0, 0.1) is 0 Å². The van der Waals surface area contributed by atoms with Crippen molar-refractivity contribution in [3.8, 4) is 5.82 Å². The number of pyridine rings is 2. The number of carbonyl (C=O) groups excluding carboxylic acids is 1. The van der Waals surface area contributed by atoms with E-state index in [1.54, 1.807) is 23.0 Å². The van der Waals surface area contributed by atoms with E-state index in [0.29, 0.717) is 35.4 Å². The largest absolute Gasteiger partial charge is 0.387 e. The lowest BCUT2D eigenvalue weighted by Gasteiger charge is -2.29. The average molecular weight is 449 g/mol. The quantitative estimate of drug-likeness (QED) is 0.507. The molecule has 1 aliphatic rings. The molecule has 4 heterocycles. The first-order chi connectivity index (χ1) is 14.7. The molecule has 11 heteroatoms. The first-order valence-electron chi connectivity index (χ1n) is 9.71. The first-order valence-corrected chi connectivity index (χ1v) is 10.1. The molecule has 0 spiro atoms. The van der Waals surface area contributed by atoms with E-state index in [0.717, 1.165) is 5.39 Å². The highest BCUT2D eigenvalue weighted by molar-refractivity contribution is 6.31. The number of amides is 1. The fourth-order valence-electron chi connectivity index (χ4n) is 2.99. The highest BCUT2D eigenvalue weighted by atomic mass is 35.5. The molecule has 164 valence electrons. The molecule has 0 aliphatic carbocycles. The van der Waals surface area contributed by atoms with Gasteiger partial charge in [-0.2, -0.15) is 9.78 Å². The van der Waals surface area contributed by atoms with Crippen molar-refractivity contribution < 1.29 is 19.0 Å². The van der Waals surface area contributed by atoms with Gasteiger partial charge in [-0.25, -0.2) is 14.4 Å². The molecular weight excluding hydrogens is 427 g/mol. The summed E-state index contributed by atoms with van der Waals surface area (Å²) >= 11 is 5.99. The number of halogens is 2. The molecule has 1 amide bonds. The summed E-state index contributed by atoms with van der Waals surface area (Å²) < 4.78 is 20.8. The molecule has 0 bridgehead atoms. The summed E-state index contributed by atoms with van der Waals surface area (Å²) in [5.74, 6) is -0.0621. The number of anilines is 1. The molecule has 0 radical (unpaired) electrons. The van der Waals surface area contributed by atoms with Crippen molar-refractivity contribution in [3.63, 3.8) is 0 Å². The minimum atomic E-state index is -1.62. The maximum Gasteiger partial charge on any atom is 0.255 e. The van der Waals surface area contributed by atoms with E-state index in [4.69, 9.17) is 16.3 Å². The second kappa shape index (κ2) is 8.37. The second-order valence-electron chi connectivity index (χ2n) is 7.92. The summed E-state index contributed by atoms with van der Waals surface area (Å²) in [6.45, 7) is 3.38. The van der Waals surface area contributed by atoms with Gasteiger partial charge in [0, 0.05) is 23.8 Å². The molecule has 3 N–H and O–H groups in total. The predicted molar refractivity (Wildman–Crippen MR) is 113 cm³/mol. The van der Waals surface area contributed by atoms with Crippen LogP contribution in [0.1, 0.15) is 24.2 Å². The number of ether oxygens (including phenoxy) is 1. The molecule has 9 nitrogen and oxygen atoms in total. The van der Waals surface area contributed by atoms with Gasteiger partial charge >= 0.3 is 0 Å². The van der Waals surface area contributed by atoms with Crippen LogP contribution in [-0.2, 0) is 4.74 Å². The van der Waals surface area contributed by atoms with Gasteiger partial charge in [-0.05, 0) is 19.9 Å². The van der Waals surface area contributed by atoms with Gasteiger partial charge in [0.1, 0.15) is 6.17 Å². The molecule has 1 atom stereocenters. The van der Waals surface area contributed by atoms with Gasteiger partial charge in [0.25, 0.3) is 5.91 Å². The Kier molecular flexibility index (Phi) is 5.78. The normalized spacial score (nSPS) is 15.5. The molecule has 3 aromatic rings. The predicted octanol–water partition coefficient (Wildman–Crippen LogP) is 2.12. The molecule has 3 aromatic heterocycles. The van der Waals surface area contributed by atoms with Crippen LogP contribution in [0.4, 0.5) is 10.1 Å². The van der Waals surface area contributed by atoms with E-state index in [2.05, 4.69) is 25.7 Å². The molecule has 31 heavy (non-hydrogen) atoms. The third kappa shape index (κ3) is 4.60. The van der Waals surface area contributed by atoms with Crippen LogP contribution in [0.5, 0.6) is 0 Å². The van der Waals surface area contributed by atoms with Crippen molar-refractivity contribution in [2.75, 3.05) is 25.1 Å². The molecule has 1 aliphatic heterocycles. The molecule has 4 rings (SSSR count). The number of fused-ring (bicyclic) bond motifs is 1. The maximum atomic E-state index is 14.0. The lowest BCUT2D eigenvalue weighted by molar-refractivity contribution is -0.00178. The standard InChI is InChI=1S/C20H22ClFN6O3/c1-20(2,30)16(22)8-25-19(29)14-7-23-17(4-15(14)27-13-9-31-10-13)28-18-11(5-26-28)3-12(21)6-24-18/h3-7,13,16,30H,8-10H2,1-2H3,(H,23,27)(H,25,29). The Bertz CT molecular complexity index is 1110. The van der Waals surface area contributed by atoms with Crippen molar-refractivity contribution in [2.24, 2.45) is 0 Å². The zero-order chi connectivity index (χ0) is 22.2.